The molecule has 1 unspecified atom stereocenters. The number of rotatable bonds is 7. The molecule has 0 heterocycles. The van der Waals surface area contributed by atoms with Gasteiger partial charge in [-0.25, -0.2) is 4.39 Å². The number of hydrogen-bond donors (Lipinski definition) is 1. The van der Waals surface area contributed by atoms with Gasteiger partial charge in [0, 0.05) is 20.2 Å². The Bertz CT molecular complexity index is 158. The molecule has 0 saturated carbocycles. The minimum atomic E-state index is -2.30. The molecule has 0 saturated heterocycles. The van der Waals surface area contributed by atoms with Crippen molar-refractivity contribution >= 4 is 7.85 Å². The van der Waals surface area contributed by atoms with Crippen LogP contribution in [-0.4, -0.2) is 58.3 Å². The van der Waals surface area contributed by atoms with Crippen LogP contribution in [0.3, 0.4) is 0 Å². The number of halogens is 1. The monoisotopic (exact) mass is 206 g/mol. The molecule has 1 N–H and O–H groups in total. The molecule has 2 radical (unpaired) electrons. The van der Waals surface area contributed by atoms with Gasteiger partial charge in [0.1, 0.15) is 20.6 Å². The van der Waals surface area contributed by atoms with Gasteiger partial charge in [-0.15, -0.1) is 0 Å². The first-order valence-electron chi connectivity index (χ1n) is 4.24. The third-order valence-corrected chi connectivity index (χ3v) is 1.64. The van der Waals surface area contributed by atoms with Crippen LogP contribution in [0.15, 0.2) is 0 Å². The number of alkyl halides is 1. The lowest BCUT2D eigenvalue weighted by atomic mass is 10.0. The maximum Gasteiger partial charge on any atom is 0.258 e. The maximum atomic E-state index is 13.8. The van der Waals surface area contributed by atoms with Crippen molar-refractivity contribution in [3.8, 4) is 0 Å². The minimum Gasteiger partial charge on any atom is -0.387 e. The summed E-state index contributed by atoms with van der Waals surface area (Å²) in [4.78, 5) is 0. The topological polar surface area (TPSA) is 47.9 Å². The smallest absolute Gasteiger partial charge is 0.258 e. The zero-order valence-corrected chi connectivity index (χ0v) is 8.70. The van der Waals surface area contributed by atoms with Gasteiger partial charge in [0.25, 0.3) is 5.85 Å². The zero-order chi connectivity index (χ0) is 11.2. The van der Waals surface area contributed by atoms with E-state index in [0.717, 1.165) is 0 Å². The van der Waals surface area contributed by atoms with Crippen LogP contribution in [0, 0.1) is 0 Å². The highest BCUT2D eigenvalue weighted by Crippen LogP contribution is 2.20. The second-order valence-corrected chi connectivity index (χ2v) is 3.01. The van der Waals surface area contributed by atoms with Gasteiger partial charge in [-0.1, -0.05) is 0 Å². The summed E-state index contributed by atoms with van der Waals surface area (Å²) < 4.78 is 27.8. The summed E-state index contributed by atoms with van der Waals surface area (Å²) in [7, 11) is 8.11. The molecule has 6 heteroatoms. The molecule has 0 aliphatic rings. The van der Waals surface area contributed by atoms with Crippen molar-refractivity contribution in [2.45, 2.75) is 24.9 Å². The highest BCUT2D eigenvalue weighted by atomic mass is 19.2. The van der Waals surface area contributed by atoms with Crippen LogP contribution in [0.2, 0.25) is 0 Å². The van der Waals surface area contributed by atoms with Crippen LogP contribution >= 0.6 is 0 Å². The van der Waals surface area contributed by atoms with Gasteiger partial charge in [0.15, 0.2) is 0 Å². The number of methoxy groups -OCH3 is 2. The van der Waals surface area contributed by atoms with Crippen molar-refractivity contribution in [1.82, 2.24) is 0 Å². The second kappa shape index (κ2) is 6.34. The van der Waals surface area contributed by atoms with E-state index in [0.29, 0.717) is 0 Å². The maximum absolute atomic E-state index is 13.8. The summed E-state index contributed by atoms with van der Waals surface area (Å²) in [5.74, 6) is -2.30. The lowest BCUT2D eigenvalue weighted by Gasteiger charge is -2.30. The predicted octanol–water partition coefficient (Wildman–Crippen LogP) is -0.163. The molecular formula is C8H16BFO4. The van der Waals surface area contributed by atoms with Gasteiger partial charge < -0.3 is 19.3 Å². The largest absolute Gasteiger partial charge is 0.387 e. The average molecular weight is 206 g/mol. The van der Waals surface area contributed by atoms with E-state index in [1.165, 1.54) is 21.1 Å². The van der Waals surface area contributed by atoms with E-state index in [1.807, 2.05) is 0 Å². The Balaban J connectivity index is 4.21. The summed E-state index contributed by atoms with van der Waals surface area (Å²) >= 11 is 0. The first kappa shape index (κ1) is 13.8. The van der Waals surface area contributed by atoms with Crippen molar-refractivity contribution in [1.29, 1.82) is 0 Å². The molecule has 0 aromatic heterocycles. The molecule has 0 rings (SSSR count). The molecular weight excluding hydrogens is 190 g/mol. The number of aliphatic hydroxyl groups is 1. The Morgan fingerprint density at radius 3 is 2.36 bits per heavy atom. The molecule has 0 aromatic carbocycles. The zero-order valence-electron chi connectivity index (χ0n) is 8.70. The predicted molar refractivity (Wildman–Crippen MR) is 49.9 cm³/mol. The third-order valence-electron chi connectivity index (χ3n) is 1.64. The van der Waals surface area contributed by atoms with Crippen molar-refractivity contribution < 1.29 is 23.7 Å². The van der Waals surface area contributed by atoms with E-state index >= 15 is 0 Å². The van der Waals surface area contributed by atoms with Crippen LogP contribution in [-0.2, 0) is 14.2 Å². The van der Waals surface area contributed by atoms with E-state index in [1.54, 1.807) is 0 Å². The number of hydrogen-bond acceptors (Lipinski definition) is 4. The molecule has 4 nitrogen and oxygen atoms in total. The Hall–Kier alpha value is -0.165. The molecule has 0 fully saturated rings. The van der Waals surface area contributed by atoms with E-state index in [9.17, 15) is 4.39 Å². The van der Waals surface area contributed by atoms with Gasteiger partial charge in [-0.2, -0.15) is 0 Å². The SMILES string of the molecule is [B]C(COC)O[C@](F)(COC)[C@H](C)O. The normalized spacial score (nSPS) is 20.1. The molecule has 0 aliphatic heterocycles. The lowest BCUT2D eigenvalue weighted by molar-refractivity contribution is -0.239. The first-order chi connectivity index (χ1) is 6.46. The molecule has 3 atom stereocenters. The summed E-state index contributed by atoms with van der Waals surface area (Å²) in [6.07, 6.45) is -1.33. The molecule has 0 spiro atoms. The Morgan fingerprint density at radius 2 is 2.00 bits per heavy atom. The fourth-order valence-electron chi connectivity index (χ4n) is 0.900. The van der Waals surface area contributed by atoms with Crippen LogP contribution < -0.4 is 0 Å². The van der Waals surface area contributed by atoms with Crippen LogP contribution in [0.1, 0.15) is 6.92 Å². The van der Waals surface area contributed by atoms with Gasteiger partial charge in [0.05, 0.1) is 6.61 Å². The number of ether oxygens (including phenoxy) is 3. The second-order valence-electron chi connectivity index (χ2n) is 3.01. The molecule has 82 valence electrons. The van der Waals surface area contributed by atoms with Gasteiger partial charge in [-0.05, 0) is 6.92 Å². The Morgan fingerprint density at radius 1 is 1.43 bits per heavy atom. The van der Waals surface area contributed by atoms with E-state index < -0.39 is 18.0 Å². The summed E-state index contributed by atoms with van der Waals surface area (Å²) in [6.45, 7) is 0.919. The Labute approximate surface area is 84.7 Å². The fourth-order valence-corrected chi connectivity index (χ4v) is 0.900. The molecule has 14 heavy (non-hydrogen) atoms. The van der Waals surface area contributed by atoms with Crippen molar-refractivity contribution in [3.05, 3.63) is 0 Å². The van der Waals surface area contributed by atoms with Crippen LogP contribution in [0.25, 0.3) is 0 Å². The van der Waals surface area contributed by atoms with Crippen LogP contribution in [0.5, 0.6) is 0 Å². The quantitative estimate of drug-likeness (QED) is 0.588. The van der Waals surface area contributed by atoms with E-state index in [-0.39, 0.29) is 13.2 Å². The minimum absolute atomic E-state index is 0.0438. The highest BCUT2D eigenvalue weighted by molar-refractivity contribution is 6.11. The number of aliphatic hydroxyl groups excluding tert-OH is 1. The van der Waals surface area contributed by atoms with Gasteiger partial charge in [-0.3, -0.25) is 0 Å². The highest BCUT2D eigenvalue weighted by Gasteiger charge is 2.38. The van der Waals surface area contributed by atoms with E-state index in [4.69, 9.17) is 17.7 Å². The standard InChI is InChI=1S/C8H16BFO4/c1-6(11)8(10,5-13-3)14-7(9)4-12-2/h6-7,11H,4-5H2,1-3H3/t6-,7?,8+/m0/s1. The average Bonchev–Trinajstić information content (AvgIpc) is 2.04. The Kier molecular flexibility index (Phi) is 6.27. The van der Waals surface area contributed by atoms with Gasteiger partial charge >= 0.3 is 0 Å². The summed E-state index contributed by atoms with van der Waals surface area (Å²) in [5.41, 5.74) is 0. The molecule has 0 bridgehead atoms. The third kappa shape index (κ3) is 4.37. The lowest BCUT2D eigenvalue weighted by Crippen LogP contribution is -2.46. The summed E-state index contributed by atoms with van der Waals surface area (Å²) in [5, 5.41) is 9.14. The summed E-state index contributed by atoms with van der Waals surface area (Å²) in [6, 6.07) is -0.935. The van der Waals surface area contributed by atoms with Crippen molar-refractivity contribution in [2.75, 3.05) is 27.4 Å². The molecule has 0 amide bonds. The first-order valence-corrected chi connectivity index (χ1v) is 4.24. The molecule has 0 aromatic rings. The van der Waals surface area contributed by atoms with Gasteiger partial charge in [0.2, 0.25) is 0 Å². The molecule has 0 aliphatic carbocycles. The van der Waals surface area contributed by atoms with Crippen molar-refractivity contribution in [2.24, 2.45) is 0 Å². The van der Waals surface area contributed by atoms with E-state index in [2.05, 4.69) is 9.47 Å². The fraction of sp³-hybridized carbons (Fsp3) is 1.00. The van der Waals surface area contributed by atoms with Crippen LogP contribution in [0.4, 0.5) is 4.39 Å². The van der Waals surface area contributed by atoms with Crippen molar-refractivity contribution in [3.63, 3.8) is 0 Å².